The molecule has 12 heteroatoms. The van der Waals surface area contributed by atoms with Crippen molar-refractivity contribution in [2.75, 3.05) is 0 Å². The largest absolute Gasteiger partial charge is 0.416 e. The van der Waals surface area contributed by atoms with Gasteiger partial charge in [-0.25, -0.2) is 9.67 Å². The molecule has 33 heavy (non-hydrogen) atoms. The number of Topliss-reactive ketones (excluding diaryl/α,β-unsaturated/α-hetero) is 1. The molecule has 4 rings (SSSR count). The molecule has 4 aromatic rings. The molecule has 0 atom stereocenters. The van der Waals surface area contributed by atoms with Gasteiger partial charge in [-0.1, -0.05) is 6.07 Å². The highest BCUT2D eigenvalue weighted by Crippen LogP contribution is 2.30. The van der Waals surface area contributed by atoms with Gasteiger partial charge in [0, 0.05) is 11.8 Å². The van der Waals surface area contributed by atoms with Crippen LogP contribution < -0.4 is 10.9 Å². The molecular weight excluding hydrogens is 459 g/mol. The van der Waals surface area contributed by atoms with E-state index in [4.69, 9.17) is 0 Å². The van der Waals surface area contributed by atoms with Crippen LogP contribution in [0.3, 0.4) is 0 Å². The van der Waals surface area contributed by atoms with Crippen molar-refractivity contribution in [3.63, 3.8) is 0 Å². The van der Waals surface area contributed by atoms with Gasteiger partial charge in [0.25, 0.3) is 5.56 Å². The molecule has 3 aromatic heterocycles. The normalized spacial score (nSPS) is 11.6. The second-order valence-corrected chi connectivity index (χ2v) is 8.29. The van der Waals surface area contributed by atoms with E-state index >= 15 is 0 Å². The second-order valence-electron chi connectivity index (χ2n) is 7.12. The van der Waals surface area contributed by atoms with E-state index < -0.39 is 17.3 Å². The Morgan fingerprint density at radius 1 is 1.18 bits per heavy atom. The first kappa shape index (κ1) is 22.4. The summed E-state index contributed by atoms with van der Waals surface area (Å²) in [4.78, 5) is 41.8. The topological polar surface area (TPSA) is 98.9 Å². The van der Waals surface area contributed by atoms with E-state index in [1.807, 2.05) is 0 Å². The predicted octanol–water partition coefficient (Wildman–Crippen LogP) is 3.18. The predicted molar refractivity (Wildman–Crippen MR) is 114 cm³/mol. The Morgan fingerprint density at radius 2 is 1.97 bits per heavy atom. The molecule has 0 fully saturated rings. The summed E-state index contributed by atoms with van der Waals surface area (Å²) in [6, 6.07) is 7.86. The van der Waals surface area contributed by atoms with Gasteiger partial charge in [0.15, 0.2) is 11.4 Å². The highest BCUT2D eigenvalue weighted by atomic mass is 32.1. The number of thiophene rings is 1. The lowest BCUT2D eigenvalue weighted by Crippen LogP contribution is -2.24. The number of nitrogens with one attached hydrogen (secondary N) is 1. The molecule has 0 unspecified atom stereocenters. The number of amides is 1. The second kappa shape index (κ2) is 8.62. The molecule has 0 spiro atoms. The number of carbonyl (C=O) groups is 2. The first-order chi connectivity index (χ1) is 15.6. The molecule has 0 saturated carbocycles. The highest BCUT2D eigenvalue weighted by Gasteiger charge is 2.30. The van der Waals surface area contributed by atoms with Gasteiger partial charge < -0.3 is 5.32 Å². The number of nitrogens with zero attached hydrogens (tertiary/aromatic N) is 4. The lowest BCUT2D eigenvalue weighted by atomic mass is 10.2. The molecule has 0 radical (unpaired) electrons. The van der Waals surface area contributed by atoms with Crippen molar-refractivity contribution in [3.05, 3.63) is 74.6 Å². The van der Waals surface area contributed by atoms with Gasteiger partial charge in [-0.3, -0.25) is 19.0 Å². The van der Waals surface area contributed by atoms with Crippen LogP contribution in [0.2, 0.25) is 0 Å². The molecule has 0 bridgehead atoms. The number of aromatic nitrogens is 4. The summed E-state index contributed by atoms with van der Waals surface area (Å²) < 4.78 is 41.4. The number of alkyl halides is 3. The zero-order valence-corrected chi connectivity index (χ0v) is 17.9. The van der Waals surface area contributed by atoms with Crippen molar-refractivity contribution < 1.29 is 22.8 Å². The quantitative estimate of drug-likeness (QED) is 0.432. The Morgan fingerprint density at radius 3 is 2.70 bits per heavy atom. The van der Waals surface area contributed by atoms with E-state index in [2.05, 4.69) is 15.4 Å². The van der Waals surface area contributed by atoms with E-state index in [9.17, 15) is 27.6 Å². The number of benzene rings is 1. The van der Waals surface area contributed by atoms with Crippen molar-refractivity contribution in [2.45, 2.75) is 26.2 Å². The van der Waals surface area contributed by atoms with Gasteiger partial charge in [0.05, 0.1) is 35.4 Å². The van der Waals surface area contributed by atoms with E-state index in [0.717, 1.165) is 26.3 Å². The minimum atomic E-state index is -4.52. The summed E-state index contributed by atoms with van der Waals surface area (Å²) >= 11 is 1.21. The van der Waals surface area contributed by atoms with Crippen molar-refractivity contribution in [1.82, 2.24) is 24.6 Å². The number of halogens is 3. The van der Waals surface area contributed by atoms with Gasteiger partial charge >= 0.3 is 6.18 Å². The fourth-order valence-electron chi connectivity index (χ4n) is 3.13. The lowest BCUT2D eigenvalue weighted by molar-refractivity contribution is -0.137. The molecule has 0 saturated heterocycles. The van der Waals surface area contributed by atoms with Crippen LogP contribution in [0.4, 0.5) is 13.2 Å². The minimum Gasteiger partial charge on any atom is -0.351 e. The Balaban J connectivity index is 1.60. The van der Waals surface area contributed by atoms with Crippen LogP contribution >= 0.6 is 11.3 Å². The van der Waals surface area contributed by atoms with Crippen LogP contribution in [0.5, 0.6) is 0 Å². The Hall–Kier alpha value is -3.80. The monoisotopic (exact) mass is 475 g/mol. The van der Waals surface area contributed by atoms with Crippen LogP contribution in [-0.4, -0.2) is 31.0 Å². The van der Waals surface area contributed by atoms with E-state index in [0.29, 0.717) is 11.4 Å². The fraction of sp³-hybridized carbons (Fsp3) is 0.190. The van der Waals surface area contributed by atoms with E-state index in [1.165, 1.54) is 42.9 Å². The van der Waals surface area contributed by atoms with Crippen molar-refractivity contribution in [1.29, 1.82) is 0 Å². The van der Waals surface area contributed by atoms with Gasteiger partial charge in [0.2, 0.25) is 5.91 Å². The summed E-state index contributed by atoms with van der Waals surface area (Å²) in [6.07, 6.45) is -2.15. The number of ketones is 1. The molecule has 1 N–H and O–H groups in total. The molecule has 0 aliphatic rings. The fourth-order valence-corrected chi connectivity index (χ4v) is 4.01. The van der Waals surface area contributed by atoms with Crippen LogP contribution in [0.1, 0.15) is 27.0 Å². The van der Waals surface area contributed by atoms with Crippen molar-refractivity contribution in [2.24, 2.45) is 0 Å². The Bertz CT molecular complexity index is 1420. The van der Waals surface area contributed by atoms with E-state index in [1.54, 1.807) is 12.1 Å². The van der Waals surface area contributed by atoms with Gasteiger partial charge in [-0.15, -0.1) is 11.3 Å². The zero-order chi connectivity index (χ0) is 23.8. The lowest BCUT2D eigenvalue weighted by Gasteiger charge is -2.09. The van der Waals surface area contributed by atoms with E-state index in [-0.39, 0.29) is 35.0 Å². The molecule has 0 aliphatic carbocycles. The summed E-state index contributed by atoms with van der Waals surface area (Å²) in [5.41, 5.74) is -1.21. The summed E-state index contributed by atoms with van der Waals surface area (Å²) in [5.74, 6) is -0.504. The molecule has 1 amide bonds. The standard InChI is InChI=1S/C21H16F3N5O3S/c1-12(30)25-8-15-5-6-18(33-15)17(31)10-28-11-26-19-16(20(28)32)9-27-29(19)14-4-2-3-13(7-14)21(22,23)24/h2-7,9,11H,8,10H2,1H3,(H,25,30). The third-order valence-corrected chi connectivity index (χ3v) is 5.86. The number of hydrogen-bond acceptors (Lipinski definition) is 6. The maximum Gasteiger partial charge on any atom is 0.416 e. The number of hydrogen-bond donors (Lipinski definition) is 1. The van der Waals surface area contributed by atoms with Crippen LogP contribution in [0, 0.1) is 0 Å². The van der Waals surface area contributed by atoms with Crippen LogP contribution in [0.25, 0.3) is 16.7 Å². The third kappa shape index (κ3) is 4.70. The summed E-state index contributed by atoms with van der Waals surface area (Å²) in [5, 5.41) is 6.74. The SMILES string of the molecule is CC(=O)NCc1ccc(C(=O)Cn2cnc3c(cnn3-c3cccc(C(F)(F)F)c3)c2=O)s1. The molecule has 170 valence electrons. The molecule has 1 aromatic carbocycles. The van der Waals surface area contributed by atoms with Crippen LogP contribution in [-0.2, 0) is 24.1 Å². The first-order valence-electron chi connectivity index (χ1n) is 9.60. The Labute approximate surface area is 188 Å². The highest BCUT2D eigenvalue weighted by molar-refractivity contribution is 7.14. The van der Waals surface area contributed by atoms with Gasteiger partial charge in [-0.05, 0) is 30.3 Å². The maximum absolute atomic E-state index is 13.0. The third-order valence-electron chi connectivity index (χ3n) is 4.73. The minimum absolute atomic E-state index is 0.0697. The molecule has 8 nitrogen and oxygen atoms in total. The number of carbonyl (C=O) groups excluding carboxylic acids is 2. The number of fused-ring (bicyclic) bond motifs is 1. The smallest absolute Gasteiger partial charge is 0.351 e. The van der Waals surface area contributed by atoms with Gasteiger partial charge in [0.1, 0.15) is 11.7 Å². The summed E-state index contributed by atoms with van der Waals surface area (Å²) in [6.45, 7) is 1.43. The number of rotatable bonds is 6. The average Bonchev–Trinajstić information content (AvgIpc) is 3.41. The summed E-state index contributed by atoms with van der Waals surface area (Å²) in [7, 11) is 0. The van der Waals surface area contributed by atoms with Crippen molar-refractivity contribution >= 4 is 34.1 Å². The Kier molecular flexibility index (Phi) is 5.85. The zero-order valence-electron chi connectivity index (χ0n) is 17.1. The molecule has 0 aliphatic heterocycles. The van der Waals surface area contributed by atoms with Crippen LogP contribution in [0.15, 0.2) is 53.7 Å². The molecular formula is C21H16F3N5O3S. The van der Waals surface area contributed by atoms with Gasteiger partial charge in [-0.2, -0.15) is 18.3 Å². The van der Waals surface area contributed by atoms with Crippen molar-refractivity contribution in [3.8, 4) is 5.69 Å². The molecule has 3 heterocycles. The average molecular weight is 475 g/mol. The maximum atomic E-state index is 13.0. The first-order valence-corrected chi connectivity index (χ1v) is 10.4.